The first-order valence-electron chi connectivity index (χ1n) is 5.02. The van der Waals surface area contributed by atoms with Crippen LogP contribution in [-0.4, -0.2) is 20.3 Å². The van der Waals surface area contributed by atoms with Crippen molar-refractivity contribution < 1.29 is 5.11 Å². The Kier molecular flexibility index (Phi) is 3.20. The van der Waals surface area contributed by atoms with Crippen LogP contribution in [0.25, 0.3) is 10.9 Å². The number of pyridine rings is 1. The minimum absolute atomic E-state index is 0.243. The van der Waals surface area contributed by atoms with Gasteiger partial charge in [0.1, 0.15) is 0 Å². The lowest BCUT2D eigenvalue weighted by Gasteiger charge is -1.83. The molecule has 0 aliphatic carbocycles. The summed E-state index contributed by atoms with van der Waals surface area (Å²) in [5.41, 5.74) is 0.644. The standard InChI is InChI=1S/C7H6N2.C5H5NO2/c1-2-4-7-6(3-1)5-8-9-7;7-4-2-1-3-6-5(4)8/h1-5H,(H,8,9);1-3,7H,(H,6,8). The molecule has 0 atom stereocenters. The summed E-state index contributed by atoms with van der Waals surface area (Å²) >= 11 is 0. The number of aromatic hydroxyl groups is 1. The molecule has 5 heteroatoms. The Bertz CT molecular complexity index is 627. The molecule has 0 aliphatic rings. The molecule has 0 fully saturated rings. The summed E-state index contributed by atoms with van der Waals surface area (Å²) in [6.45, 7) is 0. The Balaban J connectivity index is 0.000000128. The van der Waals surface area contributed by atoms with Crippen molar-refractivity contribution >= 4 is 10.9 Å². The van der Waals surface area contributed by atoms with Crippen molar-refractivity contribution in [2.24, 2.45) is 0 Å². The van der Waals surface area contributed by atoms with Gasteiger partial charge in [-0.05, 0) is 18.2 Å². The van der Waals surface area contributed by atoms with Gasteiger partial charge in [0.05, 0.1) is 11.7 Å². The fourth-order valence-electron chi connectivity index (χ4n) is 1.30. The predicted molar refractivity (Wildman–Crippen MR) is 64.8 cm³/mol. The number of aromatic nitrogens is 3. The molecule has 0 saturated carbocycles. The van der Waals surface area contributed by atoms with E-state index in [0.29, 0.717) is 0 Å². The molecule has 0 aliphatic heterocycles. The molecule has 0 unspecified atom stereocenters. The molecule has 0 bridgehead atoms. The van der Waals surface area contributed by atoms with Gasteiger partial charge in [0, 0.05) is 11.6 Å². The zero-order valence-electron chi connectivity index (χ0n) is 8.92. The van der Waals surface area contributed by atoms with Gasteiger partial charge in [-0.1, -0.05) is 18.2 Å². The number of nitrogens with zero attached hydrogens (tertiary/aromatic N) is 1. The maximum Gasteiger partial charge on any atom is 0.290 e. The fourth-order valence-corrected chi connectivity index (χ4v) is 1.30. The Morgan fingerprint density at radius 3 is 2.59 bits per heavy atom. The molecular formula is C12H11N3O2. The largest absolute Gasteiger partial charge is 0.503 e. The smallest absolute Gasteiger partial charge is 0.290 e. The van der Waals surface area contributed by atoms with Crippen LogP contribution in [-0.2, 0) is 0 Å². The van der Waals surface area contributed by atoms with Crippen molar-refractivity contribution in [1.82, 2.24) is 15.2 Å². The van der Waals surface area contributed by atoms with Crippen LogP contribution in [0, 0.1) is 0 Å². The van der Waals surface area contributed by atoms with E-state index >= 15 is 0 Å². The van der Waals surface area contributed by atoms with Crippen LogP contribution in [0.3, 0.4) is 0 Å². The maximum absolute atomic E-state index is 10.3. The molecule has 0 saturated heterocycles. The second kappa shape index (κ2) is 4.98. The molecular weight excluding hydrogens is 218 g/mol. The molecule has 86 valence electrons. The van der Waals surface area contributed by atoms with Crippen molar-refractivity contribution in [3.05, 3.63) is 59.1 Å². The molecule has 2 heterocycles. The second-order valence-corrected chi connectivity index (χ2v) is 3.34. The number of hydrogen-bond acceptors (Lipinski definition) is 3. The Labute approximate surface area is 96.7 Å². The van der Waals surface area contributed by atoms with Crippen molar-refractivity contribution in [1.29, 1.82) is 0 Å². The summed E-state index contributed by atoms with van der Waals surface area (Å²) in [7, 11) is 0. The summed E-state index contributed by atoms with van der Waals surface area (Å²) in [6, 6.07) is 10.9. The van der Waals surface area contributed by atoms with Crippen molar-refractivity contribution in [3.63, 3.8) is 0 Å². The monoisotopic (exact) mass is 229 g/mol. The number of fused-ring (bicyclic) bond motifs is 1. The lowest BCUT2D eigenvalue weighted by molar-refractivity contribution is 0.466. The number of hydrogen-bond donors (Lipinski definition) is 3. The molecule has 0 amide bonds. The van der Waals surface area contributed by atoms with E-state index in [-0.39, 0.29) is 5.75 Å². The minimum Gasteiger partial charge on any atom is -0.503 e. The summed E-state index contributed by atoms with van der Waals surface area (Å²) in [5.74, 6) is -0.243. The van der Waals surface area contributed by atoms with Gasteiger partial charge < -0.3 is 10.1 Å². The molecule has 3 aromatic rings. The molecule has 1 aromatic carbocycles. The molecule has 0 radical (unpaired) electrons. The van der Waals surface area contributed by atoms with Crippen LogP contribution < -0.4 is 5.56 Å². The summed E-state index contributed by atoms with van der Waals surface area (Å²) in [5, 5.41) is 16.5. The van der Waals surface area contributed by atoms with Crippen LogP contribution >= 0.6 is 0 Å². The third-order valence-electron chi connectivity index (χ3n) is 2.15. The van der Waals surface area contributed by atoms with Gasteiger partial charge in [-0.3, -0.25) is 9.89 Å². The quantitative estimate of drug-likeness (QED) is 0.548. The number of benzene rings is 1. The maximum atomic E-state index is 10.3. The zero-order chi connectivity index (χ0) is 12.1. The molecule has 2 aromatic heterocycles. The van der Waals surface area contributed by atoms with Gasteiger partial charge in [-0.2, -0.15) is 5.10 Å². The molecule has 0 spiro atoms. The third kappa shape index (κ3) is 2.72. The van der Waals surface area contributed by atoms with Crippen molar-refractivity contribution in [2.45, 2.75) is 0 Å². The van der Waals surface area contributed by atoms with E-state index in [2.05, 4.69) is 15.2 Å². The van der Waals surface area contributed by atoms with Gasteiger partial charge in [0.2, 0.25) is 0 Å². The predicted octanol–water partition coefficient (Wildman–Crippen LogP) is 1.64. The van der Waals surface area contributed by atoms with E-state index in [1.165, 1.54) is 12.3 Å². The average molecular weight is 229 g/mol. The first-order valence-corrected chi connectivity index (χ1v) is 5.02. The fraction of sp³-hybridized carbons (Fsp3) is 0. The molecule has 5 nitrogen and oxygen atoms in total. The van der Waals surface area contributed by atoms with E-state index < -0.39 is 5.56 Å². The summed E-state index contributed by atoms with van der Waals surface area (Å²) < 4.78 is 0. The van der Waals surface area contributed by atoms with E-state index in [1.54, 1.807) is 6.07 Å². The Morgan fingerprint density at radius 1 is 1.12 bits per heavy atom. The van der Waals surface area contributed by atoms with Crippen LogP contribution in [0.2, 0.25) is 0 Å². The van der Waals surface area contributed by atoms with Gasteiger partial charge in [-0.25, -0.2) is 0 Å². The highest BCUT2D eigenvalue weighted by Gasteiger charge is 1.88. The van der Waals surface area contributed by atoms with E-state index in [9.17, 15) is 4.79 Å². The lowest BCUT2D eigenvalue weighted by atomic mass is 10.3. The summed E-state index contributed by atoms with van der Waals surface area (Å²) in [4.78, 5) is 12.6. The highest BCUT2D eigenvalue weighted by atomic mass is 16.3. The number of nitrogens with one attached hydrogen (secondary N) is 2. The molecule has 3 rings (SSSR count). The SMILES string of the molecule is O=c1[nH]cccc1O.c1ccc2[nH]ncc2c1. The number of aromatic amines is 2. The summed E-state index contributed by atoms with van der Waals surface area (Å²) in [6.07, 6.45) is 3.28. The van der Waals surface area contributed by atoms with Gasteiger partial charge in [0.15, 0.2) is 5.75 Å². The average Bonchev–Trinajstić information content (AvgIpc) is 2.82. The Morgan fingerprint density at radius 2 is 1.94 bits per heavy atom. The Hall–Kier alpha value is -2.56. The number of rotatable bonds is 0. The molecule has 3 N–H and O–H groups in total. The molecule has 17 heavy (non-hydrogen) atoms. The number of H-pyrrole nitrogens is 2. The van der Waals surface area contributed by atoms with Crippen molar-refractivity contribution in [3.8, 4) is 5.75 Å². The topological polar surface area (TPSA) is 81.8 Å². The van der Waals surface area contributed by atoms with Crippen LogP contribution in [0.5, 0.6) is 5.75 Å². The highest BCUT2D eigenvalue weighted by Crippen LogP contribution is 2.06. The zero-order valence-corrected chi connectivity index (χ0v) is 8.92. The number of para-hydroxylation sites is 1. The van der Waals surface area contributed by atoms with Crippen molar-refractivity contribution in [2.75, 3.05) is 0 Å². The van der Waals surface area contributed by atoms with Gasteiger partial charge >= 0.3 is 0 Å². The van der Waals surface area contributed by atoms with Gasteiger partial charge in [0.25, 0.3) is 5.56 Å². The van der Waals surface area contributed by atoms with E-state index in [4.69, 9.17) is 5.11 Å². The van der Waals surface area contributed by atoms with Gasteiger partial charge in [-0.15, -0.1) is 0 Å². The lowest BCUT2D eigenvalue weighted by Crippen LogP contribution is -2.01. The first-order chi connectivity index (χ1) is 8.27. The van der Waals surface area contributed by atoms with E-state index in [0.717, 1.165) is 10.9 Å². The van der Waals surface area contributed by atoms with E-state index in [1.807, 2.05) is 30.5 Å². The van der Waals surface area contributed by atoms with Crippen LogP contribution in [0.1, 0.15) is 0 Å². The van der Waals surface area contributed by atoms with Crippen LogP contribution in [0.4, 0.5) is 0 Å². The highest BCUT2D eigenvalue weighted by molar-refractivity contribution is 5.77. The first kappa shape index (κ1) is 10.9. The second-order valence-electron chi connectivity index (χ2n) is 3.34. The normalized spacial score (nSPS) is 9.65. The van der Waals surface area contributed by atoms with Crippen LogP contribution in [0.15, 0.2) is 53.6 Å². The third-order valence-corrected chi connectivity index (χ3v) is 2.15. The minimum atomic E-state index is -0.451.